The van der Waals surface area contributed by atoms with Gasteiger partial charge in [-0.15, -0.1) is 0 Å². The largest absolute Gasteiger partial charge is 0.380 e. The minimum absolute atomic E-state index is 0.00965. The van der Waals surface area contributed by atoms with E-state index in [1.165, 1.54) is 25.7 Å². The molecule has 8 nitrogen and oxygen atoms in total. The molecule has 0 saturated carbocycles. The van der Waals surface area contributed by atoms with E-state index >= 15 is 0 Å². The second kappa shape index (κ2) is 23.2. The molecule has 1 unspecified atom stereocenters. The van der Waals surface area contributed by atoms with Gasteiger partial charge in [-0.1, -0.05) is 26.7 Å². The molecule has 0 rings (SSSR count). The quantitative estimate of drug-likeness (QED) is 0.199. The Labute approximate surface area is 216 Å². The number of nitrogens with one attached hydrogen (secondary N) is 2. The van der Waals surface area contributed by atoms with Crippen molar-refractivity contribution >= 4 is 11.8 Å². The maximum atomic E-state index is 12.1. The number of carbonyl (C=O) groups excluding carboxylic acids is 2. The summed E-state index contributed by atoms with van der Waals surface area (Å²) in [6.45, 7) is 11.7. The standard InChI is InChI=1S/C27H57N5O3/c1-7-11-25(12-9-19-30(3)4)13-16-28-26(33)14-23-35-24-15-27(34)29-17-22-32(18-8-2)21-10-20-31(5)6/h25H,7-24H2,1-6H3,(H,28,33)(H,29,34). The van der Waals surface area contributed by atoms with E-state index in [4.69, 9.17) is 4.74 Å². The maximum Gasteiger partial charge on any atom is 0.222 e. The van der Waals surface area contributed by atoms with Crippen molar-refractivity contribution < 1.29 is 14.3 Å². The number of rotatable bonds is 24. The minimum atomic E-state index is 0.00965. The van der Waals surface area contributed by atoms with Crippen molar-refractivity contribution in [3.8, 4) is 0 Å². The predicted octanol–water partition coefficient (Wildman–Crippen LogP) is 2.83. The molecular weight excluding hydrogens is 442 g/mol. The van der Waals surface area contributed by atoms with Gasteiger partial charge in [-0.05, 0) is 92.4 Å². The molecule has 0 radical (unpaired) electrons. The molecule has 0 heterocycles. The Hall–Kier alpha value is -1.22. The number of nitrogens with zero attached hydrogens (tertiary/aromatic N) is 3. The summed E-state index contributed by atoms with van der Waals surface area (Å²) in [5.41, 5.74) is 0. The summed E-state index contributed by atoms with van der Waals surface area (Å²) in [5.74, 6) is 0.723. The van der Waals surface area contributed by atoms with Crippen molar-refractivity contribution in [3.05, 3.63) is 0 Å². The van der Waals surface area contributed by atoms with Crippen LogP contribution in [0.3, 0.4) is 0 Å². The molecule has 0 bridgehead atoms. The third-order valence-corrected chi connectivity index (χ3v) is 6.11. The van der Waals surface area contributed by atoms with Gasteiger partial charge in [-0.3, -0.25) is 9.59 Å². The van der Waals surface area contributed by atoms with Gasteiger partial charge < -0.3 is 30.1 Å². The lowest BCUT2D eigenvalue weighted by Crippen LogP contribution is -2.37. The van der Waals surface area contributed by atoms with Gasteiger partial charge in [-0.2, -0.15) is 0 Å². The fourth-order valence-corrected chi connectivity index (χ4v) is 4.18. The Morgan fingerprint density at radius 1 is 0.686 bits per heavy atom. The Balaban J connectivity index is 3.82. The zero-order valence-electron chi connectivity index (χ0n) is 23.9. The molecule has 0 aromatic rings. The first kappa shape index (κ1) is 33.8. The van der Waals surface area contributed by atoms with E-state index in [2.05, 4.69) is 67.4 Å². The van der Waals surface area contributed by atoms with E-state index in [1.54, 1.807) is 0 Å². The molecule has 2 amide bonds. The van der Waals surface area contributed by atoms with Crippen LogP contribution in [0.1, 0.15) is 71.6 Å². The minimum Gasteiger partial charge on any atom is -0.380 e. The van der Waals surface area contributed by atoms with Crippen LogP contribution in [0.2, 0.25) is 0 Å². The second-order valence-electron chi connectivity index (χ2n) is 10.2. The Morgan fingerprint density at radius 3 is 1.86 bits per heavy atom. The van der Waals surface area contributed by atoms with Crippen molar-refractivity contribution in [1.82, 2.24) is 25.3 Å². The highest BCUT2D eigenvalue weighted by atomic mass is 16.5. The van der Waals surface area contributed by atoms with Crippen molar-refractivity contribution in [2.24, 2.45) is 5.92 Å². The van der Waals surface area contributed by atoms with Crippen LogP contribution in [0.5, 0.6) is 0 Å². The van der Waals surface area contributed by atoms with Crippen molar-refractivity contribution in [2.75, 3.05) is 87.2 Å². The monoisotopic (exact) mass is 499 g/mol. The first-order valence-electron chi connectivity index (χ1n) is 13.9. The van der Waals surface area contributed by atoms with Gasteiger partial charge in [0.1, 0.15) is 0 Å². The first-order chi connectivity index (χ1) is 16.8. The molecule has 0 fully saturated rings. The van der Waals surface area contributed by atoms with Crippen LogP contribution in [0, 0.1) is 5.92 Å². The number of hydrogen-bond acceptors (Lipinski definition) is 6. The van der Waals surface area contributed by atoms with Crippen molar-refractivity contribution in [2.45, 2.75) is 71.6 Å². The summed E-state index contributed by atoms with van der Waals surface area (Å²) in [6, 6.07) is 0. The van der Waals surface area contributed by atoms with Crippen molar-refractivity contribution in [1.29, 1.82) is 0 Å². The SMILES string of the molecule is CCCC(CCCN(C)C)CCNC(=O)CCOCCC(=O)NCCN(CCC)CCCN(C)C. The lowest BCUT2D eigenvalue weighted by Gasteiger charge is -2.22. The topological polar surface area (TPSA) is 77.1 Å². The maximum absolute atomic E-state index is 12.1. The van der Waals surface area contributed by atoms with Gasteiger partial charge in [0.15, 0.2) is 0 Å². The Morgan fingerprint density at radius 2 is 1.29 bits per heavy atom. The molecule has 0 saturated heterocycles. The molecule has 0 aromatic carbocycles. The van der Waals surface area contributed by atoms with E-state index in [0.717, 1.165) is 58.5 Å². The van der Waals surface area contributed by atoms with Gasteiger partial charge >= 0.3 is 0 Å². The van der Waals surface area contributed by atoms with Crippen LogP contribution in [0.25, 0.3) is 0 Å². The van der Waals surface area contributed by atoms with Crippen LogP contribution >= 0.6 is 0 Å². The molecule has 208 valence electrons. The molecule has 0 aromatic heterocycles. The molecule has 0 aliphatic carbocycles. The van der Waals surface area contributed by atoms with Crippen LogP contribution in [-0.2, 0) is 14.3 Å². The van der Waals surface area contributed by atoms with Crippen LogP contribution < -0.4 is 10.6 Å². The number of ether oxygens (including phenoxy) is 1. The van der Waals surface area contributed by atoms with Crippen molar-refractivity contribution in [3.63, 3.8) is 0 Å². The zero-order chi connectivity index (χ0) is 26.3. The van der Waals surface area contributed by atoms with E-state index in [1.807, 2.05) is 0 Å². The predicted molar refractivity (Wildman–Crippen MR) is 147 cm³/mol. The molecule has 8 heteroatoms. The Bertz CT molecular complexity index is 473. The molecular formula is C27H57N5O3. The summed E-state index contributed by atoms with van der Waals surface area (Å²) < 4.78 is 5.52. The first-order valence-corrected chi connectivity index (χ1v) is 13.9. The summed E-state index contributed by atoms with van der Waals surface area (Å²) in [7, 11) is 8.41. The van der Waals surface area contributed by atoms with Crippen LogP contribution in [-0.4, -0.2) is 114 Å². The fourth-order valence-electron chi connectivity index (χ4n) is 4.18. The summed E-state index contributed by atoms with van der Waals surface area (Å²) in [6.07, 6.45) is 8.82. The average Bonchev–Trinajstić information content (AvgIpc) is 2.78. The van der Waals surface area contributed by atoms with Gasteiger partial charge in [0.2, 0.25) is 11.8 Å². The van der Waals surface area contributed by atoms with E-state index < -0.39 is 0 Å². The van der Waals surface area contributed by atoms with Crippen LogP contribution in [0.15, 0.2) is 0 Å². The average molecular weight is 500 g/mol. The lowest BCUT2D eigenvalue weighted by atomic mass is 9.94. The van der Waals surface area contributed by atoms with Gasteiger partial charge in [0.05, 0.1) is 13.2 Å². The molecule has 2 N–H and O–H groups in total. The summed E-state index contributed by atoms with van der Waals surface area (Å²) >= 11 is 0. The smallest absolute Gasteiger partial charge is 0.222 e. The third kappa shape index (κ3) is 23.0. The molecule has 0 aliphatic rings. The zero-order valence-corrected chi connectivity index (χ0v) is 23.9. The normalized spacial score (nSPS) is 12.5. The molecule has 0 aliphatic heterocycles. The fraction of sp³-hybridized carbons (Fsp3) is 0.926. The summed E-state index contributed by atoms with van der Waals surface area (Å²) in [4.78, 5) is 31.0. The second-order valence-corrected chi connectivity index (χ2v) is 10.2. The molecule has 0 spiro atoms. The van der Waals surface area contributed by atoms with Gasteiger partial charge in [0, 0.05) is 32.5 Å². The number of carbonyl (C=O) groups is 2. The molecule has 1 atom stereocenters. The number of hydrogen-bond donors (Lipinski definition) is 2. The molecule has 35 heavy (non-hydrogen) atoms. The van der Waals surface area contributed by atoms with Gasteiger partial charge in [0.25, 0.3) is 0 Å². The van der Waals surface area contributed by atoms with Crippen LogP contribution in [0.4, 0.5) is 0 Å². The third-order valence-electron chi connectivity index (χ3n) is 6.11. The highest BCUT2D eigenvalue weighted by Gasteiger charge is 2.10. The van der Waals surface area contributed by atoms with E-state index in [-0.39, 0.29) is 11.8 Å². The number of amides is 2. The Kier molecular flexibility index (Phi) is 22.4. The lowest BCUT2D eigenvalue weighted by molar-refractivity contribution is -0.122. The van der Waals surface area contributed by atoms with E-state index in [9.17, 15) is 9.59 Å². The highest BCUT2D eigenvalue weighted by Crippen LogP contribution is 2.17. The highest BCUT2D eigenvalue weighted by molar-refractivity contribution is 5.76. The summed E-state index contributed by atoms with van der Waals surface area (Å²) in [5, 5.41) is 6.01. The van der Waals surface area contributed by atoms with E-state index in [0.29, 0.717) is 38.5 Å². The van der Waals surface area contributed by atoms with Gasteiger partial charge in [-0.25, -0.2) is 0 Å².